The number of carbonyl (C=O) groups is 1. The van der Waals surface area contributed by atoms with Gasteiger partial charge in [0.2, 0.25) is 0 Å². The van der Waals surface area contributed by atoms with Crippen LogP contribution in [-0.4, -0.2) is 23.5 Å². The summed E-state index contributed by atoms with van der Waals surface area (Å²) in [6.45, 7) is 5.02. The number of alkyl halides is 3. The summed E-state index contributed by atoms with van der Waals surface area (Å²) < 4.78 is 37.9. The molecule has 0 saturated heterocycles. The summed E-state index contributed by atoms with van der Waals surface area (Å²) in [6.07, 6.45) is -1.26. The molecular formula is C10H11F3N2O. The van der Waals surface area contributed by atoms with Crippen molar-refractivity contribution in [2.45, 2.75) is 13.1 Å². The molecule has 6 heteroatoms. The van der Waals surface area contributed by atoms with Gasteiger partial charge in [-0.2, -0.15) is 13.2 Å². The second-order valence-electron chi connectivity index (χ2n) is 3.04. The van der Waals surface area contributed by atoms with Crippen molar-refractivity contribution in [3.05, 3.63) is 36.3 Å². The number of halogens is 3. The van der Waals surface area contributed by atoms with Crippen LogP contribution in [0.5, 0.6) is 0 Å². The van der Waals surface area contributed by atoms with Crippen molar-refractivity contribution in [2.24, 2.45) is 0 Å². The molecule has 0 atom stereocenters. The number of hydrogen-bond donors (Lipinski definition) is 1. The van der Waals surface area contributed by atoms with Crippen molar-refractivity contribution < 1.29 is 18.0 Å². The Bertz CT molecular complexity index is 369. The zero-order chi connectivity index (χ0) is 12.3. The van der Waals surface area contributed by atoms with Gasteiger partial charge < -0.3 is 10.2 Å². The minimum Gasteiger partial charge on any atom is -0.342 e. The molecule has 88 valence electrons. The summed E-state index contributed by atoms with van der Waals surface area (Å²) in [4.78, 5) is 12.6. The van der Waals surface area contributed by atoms with Crippen LogP contribution in [0.15, 0.2) is 36.3 Å². The third-order valence-electron chi connectivity index (χ3n) is 2.08. The predicted molar refractivity (Wildman–Crippen MR) is 52.9 cm³/mol. The minimum atomic E-state index is -4.59. The van der Waals surface area contributed by atoms with E-state index >= 15 is 0 Å². The molecule has 0 fully saturated rings. The van der Waals surface area contributed by atoms with Gasteiger partial charge in [0.15, 0.2) is 0 Å². The first kappa shape index (κ1) is 12.4. The fourth-order valence-electron chi connectivity index (χ4n) is 1.36. The number of carbonyl (C=O) groups excluding carboxylic acids is 1. The molecule has 1 N–H and O–H groups in total. The summed E-state index contributed by atoms with van der Waals surface area (Å²) in [5.41, 5.74) is -1.45. The fourth-order valence-corrected chi connectivity index (χ4v) is 1.36. The summed E-state index contributed by atoms with van der Waals surface area (Å²) in [5.74, 6) is -0.781. The number of allylic oxidation sites excluding steroid dienone is 2. The van der Waals surface area contributed by atoms with Crippen LogP contribution < -0.4 is 5.32 Å². The highest BCUT2D eigenvalue weighted by atomic mass is 19.4. The first-order valence-corrected chi connectivity index (χ1v) is 4.60. The SMILES string of the molecule is C=C/C(=C1/C(=O)NC=CN1CC)C(F)(F)F. The first-order valence-electron chi connectivity index (χ1n) is 4.60. The lowest BCUT2D eigenvalue weighted by molar-refractivity contribution is -0.120. The first-order chi connectivity index (χ1) is 7.41. The van der Waals surface area contributed by atoms with E-state index in [1.807, 2.05) is 0 Å². The maximum Gasteiger partial charge on any atom is 0.418 e. The van der Waals surface area contributed by atoms with E-state index in [2.05, 4.69) is 11.9 Å². The van der Waals surface area contributed by atoms with E-state index in [0.717, 1.165) is 0 Å². The Balaban J connectivity index is 3.33. The zero-order valence-corrected chi connectivity index (χ0v) is 8.64. The van der Waals surface area contributed by atoms with Crippen LogP contribution >= 0.6 is 0 Å². The van der Waals surface area contributed by atoms with Crippen molar-refractivity contribution in [2.75, 3.05) is 6.54 Å². The molecule has 1 aliphatic rings. The molecule has 1 rings (SSSR count). The van der Waals surface area contributed by atoms with Crippen LogP contribution in [0, 0.1) is 0 Å². The van der Waals surface area contributed by atoms with Gasteiger partial charge in [0.05, 0.1) is 5.57 Å². The van der Waals surface area contributed by atoms with E-state index in [9.17, 15) is 18.0 Å². The normalized spacial score (nSPS) is 19.5. The Kier molecular flexibility index (Phi) is 3.41. The number of nitrogens with one attached hydrogen (secondary N) is 1. The van der Waals surface area contributed by atoms with Crippen molar-refractivity contribution in [3.8, 4) is 0 Å². The Morgan fingerprint density at radius 1 is 1.62 bits per heavy atom. The molecule has 0 aromatic carbocycles. The quantitative estimate of drug-likeness (QED) is 0.737. The highest BCUT2D eigenvalue weighted by Crippen LogP contribution is 2.31. The second-order valence-corrected chi connectivity index (χ2v) is 3.04. The maximum atomic E-state index is 12.6. The van der Waals surface area contributed by atoms with Gasteiger partial charge in [-0.05, 0) is 6.92 Å². The number of rotatable bonds is 2. The minimum absolute atomic E-state index is 0.271. The van der Waals surface area contributed by atoms with E-state index in [0.29, 0.717) is 6.08 Å². The van der Waals surface area contributed by atoms with E-state index < -0.39 is 23.4 Å². The summed E-state index contributed by atoms with van der Waals surface area (Å²) in [5, 5.41) is 2.22. The van der Waals surface area contributed by atoms with E-state index in [4.69, 9.17) is 0 Å². The van der Waals surface area contributed by atoms with Gasteiger partial charge in [0.25, 0.3) is 5.91 Å². The molecule has 0 spiro atoms. The van der Waals surface area contributed by atoms with Crippen LogP contribution in [0.1, 0.15) is 6.92 Å². The van der Waals surface area contributed by atoms with Crippen LogP contribution in [0.4, 0.5) is 13.2 Å². The molecule has 1 heterocycles. The van der Waals surface area contributed by atoms with Gasteiger partial charge in [0.1, 0.15) is 5.70 Å². The molecular weight excluding hydrogens is 221 g/mol. The lowest BCUT2D eigenvalue weighted by Crippen LogP contribution is -2.37. The molecule has 0 unspecified atom stereocenters. The summed E-state index contributed by atoms with van der Waals surface area (Å²) in [6, 6.07) is 0. The number of likely N-dealkylation sites (N-methyl/N-ethyl adjacent to an activating group) is 1. The van der Waals surface area contributed by atoms with E-state index in [1.54, 1.807) is 6.92 Å². The fraction of sp³-hybridized carbons (Fsp3) is 0.300. The smallest absolute Gasteiger partial charge is 0.342 e. The van der Waals surface area contributed by atoms with Crippen LogP contribution in [0.3, 0.4) is 0 Å². The second kappa shape index (κ2) is 4.42. The highest BCUT2D eigenvalue weighted by Gasteiger charge is 2.38. The molecule has 0 radical (unpaired) electrons. The Morgan fingerprint density at radius 3 is 2.69 bits per heavy atom. The third-order valence-corrected chi connectivity index (χ3v) is 2.08. The molecule has 1 aliphatic heterocycles. The number of nitrogens with zero attached hydrogens (tertiary/aromatic N) is 1. The van der Waals surface area contributed by atoms with Gasteiger partial charge in [-0.25, -0.2) is 0 Å². The zero-order valence-electron chi connectivity index (χ0n) is 8.64. The van der Waals surface area contributed by atoms with Gasteiger partial charge >= 0.3 is 6.18 Å². The van der Waals surface area contributed by atoms with Crippen LogP contribution in [0.2, 0.25) is 0 Å². The topological polar surface area (TPSA) is 32.3 Å². The molecule has 0 aromatic rings. The molecule has 16 heavy (non-hydrogen) atoms. The average Bonchev–Trinajstić information content (AvgIpc) is 2.19. The molecule has 0 aromatic heterocycles. The van der Waals surface area contributed by atoms with Gasteiger partial charge in [-0.15, -0.1) is 0 Å². The standard InChI is InChI=1S/C10H11F3N2O/c1-3-7(10(11,12)13)8-9(16)14-5-6-15(8)4-2/h3,5-6H,1,4H2,2H3,(H,14,16)/b8-7+. The number of amides is 1. The average molecular weight is 232 g/mol. The number of hydrogen-bond acceptors (Lipinski definition) is 2. The monoisotopic (exact) mass is 232 g/mol. The van der Waals surface area contributed by atoms with Crippen molar-refractivity contribution >= 4 is 5.91 Å². The highest BCUT2D eigenvalue weighted by molar-refractivity contribution is 5.96. The Morgan fingerprint density at radius 2 is 2.25 bits per heavy atom. The third kappa shape index (κ3) is 2.26. The molecule has 0 bridgehead atoms. The van der Waals surface area contributed by atoms with Crippen LogP contribution in [0.25, 0.3) is 0 Å². The van der Waals surface area contributed by atoms with Crippen molar-refractivity contribution in [1.82, 2.24) is 10.2 Å². The van der Waals surface area contributed by atoms with Crippen molar-refractivity contribution in [1.29, 1.82) is 0 Å². The van der Waals surface area contributed by atoms with Crippen molar-refractivity contribution in [3.63, 3.8) is 0 Å². The lowest BCUT2D eigenvalue weighted by atomic mass is 10.1. The van der Waals surface area contributed by atoms with Crippen LogP contribution in [-0.2, 0) is 4.79 Å². The Labute approximate surface area is 90.9 Å². The molecule has 0 saturated carbocycles. The van der Waals surface area contributed by atoms with Gasteiger partial charge in [-0.3, -0.25) is 4.79 Å². The predicted octanol–water partition coefficient (Wildman–Crippen LogP) is 1.91. The summed E-state index contributed by atoms with van der Waals surface area (Å²) in [7, 11) is 0. The lowest BCUT2D eigenvalue weighted by Gasteiger charge is -2.27. The largest absolute Gasteiger partial charge is 0.418 e. The summed E-state index contributed by atoms with van der Waals surface area (Å²) >= 11 is 0. The van der Waals surface area contributed by atoms with Gasteiger partial charge in [-0.1, -0.05) is 12.7 Å². The molecule has 3 nitrogen and oxygen atoms in total. The van der Waals surface area contributed by atoms with E-state index in [1.165, 1.54) is 17.3 Å². The molecule has 0 aliphatic carbocycles. The van der Waals surface area contributed by atoms with E-state index in [-0.39, 0.29) is 6.54 Å². The maximum absolute atomic E-state index is 12.6. The Hall–Kier alpha value is -1.72. The molecule has 1 amide bonds. The van der Waals surface area contributed by atoms with Gasteiger partial charge in [0, 0.05) is 18.9 Å².